The molecule has 0 spiro atoms. The SMILES string of the molecule is COc1ccc(S(=O)(=O)N(Cc2ccncc2)[C@@H](C(=O)NO)C2CCN(S(C)(=O)=O)C2)cc1. The summed E-state index contributed by atoms with van der Waals surface area (Å²) >= 11 is 0. The van der Waals surface area contributed by atoms with Crippen molar-refractivity contribution >= 4 is 26.0 Å². The first-order valence-electron chi connectivity index (χ1n) is 10.0. The molecule has 1 aromatic heterocycles. The van der Waals surface area contributed by atoms with Gasteiger partial charge in [0.05, 0.1) is 18.3 Å². The number of nitrogens with one attached hydrogen (secondary N) is 1. The van der Waals surface area contributed by atoms with Gasteiger partial charge in [0.1, 0.15) is 11.8 Å². The lowest BCUT2D eigenvalue weighted by molar-refractivity contribution is -0.135. The van der Waals surface area contributed by atoms with Gasteiger partial charge in [-0.15, -0.1) is 0 Å². The Morgan fingerprint density at radius 3 is 2.36 bits per heavy atom. The number of aromatic nitrogens is 1. The van der Waals surface area contributed by atoms with Gasteiger partial charge in [0.25, 0.3) is 5.91 Å². The standard InChI is InChI=1S/C20H26N4O7S2/c1-31-17-3-5-18(6-4-17)33(29,30)24(13-15-7-10-21-11-8-15)19(20(25)22-26)16-9-12-23(14-16)32(2,27)28/h3-8,10-11,16,19,26H,9,12-14H2,1-2H3,(H,22,25)/t16?,19-/m1/s1. The van der Waals surface area contributed by atoms with E-state index in [0.717, 1.165) is 10.6 Å². The van der Waals surface area contributed by atoms with Gasteiger partial charge in [-0.3, -0.25) is 15.0 Å². The molecule has 1 amide bonds. The zero-order chi connectivity index (χ0) is 24.2. The number of carbonyl (C=O) groups is 1. The van der Waals surface area contributed by atoms with E-state index in [1.165, 1.54) is 48.1 Å². The van der Waals surface area contributed by atoms with Crippen LogP contribution in [0.2, 0.25) is 0 Å². The zero-order valence-corrected chi connectivity index (χ0v) is 19.8. The minimum Gasteiger partial charge on any atom is -0.497 e. The maximum Gasteiger partial charge on any atom is 0.262 e. The number of ether oxygens (including phenoxy) is 1. The molecule has 1 unspecified atom stereocenters. The summed E-state index contributed by atoms with van der Waals surface area (Å²) in [6.45, 7) is -0.101. The van der Waals surface area contributed by atoms with Crippen molar-refractivity contribution in [1.82, 2.24) is 19.1 Å². The summed E-state index contributed by atoms with van der Waals surface area (Å²) in [6, 6.07) is 7.56. The van der Waals surface area contributed by atoms with Crippen LogP contribution in [-0.4, -0.2) is 74.0 Å². The Bertz CT molecular complexity index is 1170. The minimum absolute atomic E-state index is 0.0537. The van der Waals surface area contributed by atoms with Gasteiger partial charge in [-0.1, -0.05) is 0 Å². The van der Waals surface area contributed by atoms with Crippen molar-refractivity contribution in [3.8, 4) is 5.75 Å². The first kappa shape index (κ1) is 25.1. The van der Waals surface area contributed by atoms with Gasteiger partial charge in [0.2, 0.25) is 20.0 Å². The van der Waals surface area contributed by atoms with E-state index >= 15 is 0 Å². The smallest absolute Gasteiger partial charge is 0.262 e. The van der Waals surface area contributed by atoms with Crippen molar-refractivity contribution in [2.24, 2.45) is 5.92 Å². The fraction of sp³-hybridized carbons (Fsp3) is 0.400. The van der Waals surface area contributed by atoms with E-state index in [1.54, 1.807) is 17.6 Å². The first-order chi connectivity index (χ1) is 15.6. The summed E-state index contributed by atoms with van der Waals surface area (Å²) in [5, 5.41) is 9.43. The number of rotatable bonds is 9. The second-order valence-corrected chi connectivity index (χ2v) is 11.5. The van der Waals surface area contributed by atoms with Gasteiger partial charge >= 0.3 is 0 Å². The lowest BCUT2D eigenvalue weighted by Gasteiger charge is -2.33. The van der Waals surface area contributed by atoms with Gasteiger partial charge < -0.3 is 4.74 Å². The van der Waals surface area contributed by atoms with Crippen molar-refractivity contribution in [1.29, 1.82) is 0 Å². The quantitative estimate of drug-likeness (QED) is 0.374. The Labute approximate surface area is 193 Å². The highest BCUT2D eigenvalue weighted by atomic mass is 32.2. The van der Waals surface area contributed by atoms with Crippen molar-refractivity contribution in [3.05, 3.63) is 54.4 Å². The van der Waals surface area contributed by atoms with Crippen molar-refractivity contribution < 1.29 is 31.6 Å². The Kier molecular flexibility index (Phi) is 7.69. The van der Waals surface area contributed by atoms with Crippen molar-refractivity contribution in [2.45, 2.75) is 23.9 Å². The van der Waals surface area contributed by atoms with Gasteiger partial charge in [-0.25, -0.2) is 26.6 Å². The number of benzene rings is 1. The molecule has 3 rings (SSSR count). The molecule has 180 valence electrons. The first-order valence-corrected chi connectivity index (χ1v) is 13.3. The molecule has 2 N–H and O–H groups in total. The number of carbonyl (C=O) groups excluding carboxylic acids is 1. The molecule has 0 radical (unpaired) electrons. The molecule has 2 heterocycles. The van der Waals surface area contributed by atoms with Crippen LogP contribution in [-0.2, 0) is 31.4 Å². The van der Waals surface area contributed by atoms with E-state index in [2.05, 4.69) is 4.98 Å². The van der Waals surface area contributed by atoms with Crippen LogP contribution in [0.25, 0.3) is 0 Å². The summed E-state index contributed by atoms with van der Waals surface area (Å²) in [6.07, 6.45) is 4.29. The topological polar surface area (TPSA) is 146 Å². The third kappa shape index (κ3) is 5.68. The molecule has 0 aliphatic carbocycles. The fourth-order valence-corrected chi connectivity index (χ4v) is 6.38. The third-order valence-corrected chi connectivity index (χ3v) is 8.66. The number of amides is 1. The molecule has 0 saturated carbocycles. The van der Waals surface area contributed by atoms with E-state index in [1.807, 2.05) is 0 Å². The normalized spacial score (nSPS) is 18.2. The van der Waals surface area contributed by atoms with E-state index in [9.17, 15) is 26.8 Å². The molecule has 2 aromatic rings. The average molecular weight is 499 g/mol. The van der Waals surface area contributed by atoms with Crippen LogP contribution in [0.1, 0.15) is 12.0 Å². The number of hydrogen-bond donors (Lipinski definition) is 2. The van der Waals surface area contributed by atoms with Gasteiger partial charge in [-0.2, -0.15) is 4.31 Å². The molecule has 1 aliphatic heterocycles. The lowest BCUT2D eigenvalue weighted by atomic mass is 9.98. The highest BCUT2D eigenvalue weighted by molar-refractivity contribution is 7.89. The molecule has 1 fully saturated rings. The molecular weight excluding hydrogens is 472 g/mol. The summed E-state index contributed by atoms with van der Waals surface area (Å²) in [7, 11) is -6.33. The highest BCUT2D eigenvalue weighted by Crippen LogP contribution is 2.31. The third-order valence-electron chi connectivity index (χ3n) is 5.55. The molecule has 0 bridgehead atoms. The Morgan fingerprint density at radius 2 is 1.85 bits per heavy atom. The maximum absolute atomic E-state index is 13.7. The van der Waals surface area contributed by atoms with E-state index in [4.69, 9.17) is 4.74 Å². The van der Waals surface area contributed by atoms with Gasteiger partial charge in [0, 0.05) is 32.0 Å². The molecule has 33 heavy (non-hydrogen) atoms. The van der Waals surface area contributed by atoms with Crippen LogP contribution in [0.3, 0.4) is 0 Å². The molecule has 1 aromatic carbocycles. The van der Waals surface area contributed by atoms with Crippen LogP contribution in [0.4, 0.5) is 0 Å². The zero-order valence-electron chi connectivity index (χ0n) is 18.2. The maximum atomic E-state index is 13.7. The number of nitrogens with zero attached hydrogens (tertiary/aromatic N) is 3. The Balaban J connectivity index is 2.07. The molecule has 13 heteroatoms. The number of methoxy groups -OCH3 is 1. The molecule has 1 saturated heterocycles. The number of hydrogen-bond acceptors (Lipinski definition) is 8. The van der Waals surface area contributed by atoms with Gasteiger partial charge in [-0.05, 0) is 54.3 Å². The lowest BCUT2D eigenvalue weighted by Crippen LogP contribution is -2.53. The largest absolute Gasteiger partial charge is 0.497 e. The van der Waals surface area contributed by atoms with Crippen LogP contribution in [0, 0.1) is 5.92 Å². The Hall–Kier alpha value is -2.58. The molecular formula is C20H26N4O7S2. The van der Waals surface area contributed by atoms with E-state index < -0.39 is 37.9 Å². The van der Waals surface area contributed by atoms with Crippen molar-refractivity contribution in [2.75, 3.05) is 26.5 Å². The summed E-state index contributed by atoms with van der Waals surface area (Å²) in [5.41, 5.74) is 2.12. The van der Waals surface area contributed by atoms with Crippen LogP contribution < -0.4 is 10.2 Å². The average Bonchev–Trinajstić information content (AvgIpc) is 3.29. The van der Waals surface area contributed by atoms with Crippen LogP contribution in [0.15, 0.2) is 53.7 Å². The minimum atomic E-state index is -4.25. The molecule has 2 atom stereocenters. The summed E-state index contributed by atoms with van der Waals surface area (Å²) < 4.78 is 58.7. The highest BCUT2D eigenvalue weighted by Gasteiger charge is 2.44. The molecule has 1 aliphatic rings. The summed E-state index contributed by atoms with van der Waals surface area (Å²) in [5.74, 6) is -1.16. The van der Waals surface area contributed by atoms with Crippen LogP contribution in [0.5, 0.6) is 5.75 Å². The second-order valence-electron chi connectivity index (χ2n) is 7.67. The second kappa shape index (κ2) is 10.1. The number of hydroxylamine groups is 1. The predicted molar refractivity (Wildman–Crippen MR) is 118 cm³/mol. The fourth-order valence-electron chi connectivity index (χ4n) is 3.84. The van der Waals surface area contributed by atoms with Gasteiger partial charge in [0.15, 0.2) is 0 Å². The molecule has 11 nitrogen and oxygen atoms in total. The van der Waals surface area contributed by atoms with E-state index in [0.29, 0.717) is 11.3 Å². The number of sulfonamides is 2. The van der Waals surface area contributed by atoms with E-state index in [-0.39, 0.29) is 31.0 Å². The summed E-state index contributed by atoms with van der Waals surface area (Å²) in [4.78, 5) is 16.6. The number of pyridine rings is 1. The monoisotopic (exact) mass is 498 g/mol. The predicted octanol–water partition coefficient (Wildman–Crippen LogP) is 0.437. The van der Waals surface area contributed by atoms with Crippen LogP contribution >= 0.6 is 0 Å². The van der Waals surface area contributed by atoms with Crippen molar-refractivity contribution in [3.63, 3.8) is 0 Å². The Morgan fingerprint density at radius 1 is 1.21 bits per heavy atom.